The SMILES string of the molecule is COc1ccc(C(NC2CCCCC2O)C2CC2)cc1. The second-order valence-electron chi connectivity index (χ2n) is 6.21. The Morgan fingerprint density at radius 3 is 2.40 bits per heavy atom. The number of aliphatic hydroxyl groups excluding tert-OH is 1. The van der Waals surface area contributed by atoms with E-state index in [1.54, 1.807) is 7.11 Å². The fourth-order valence-electron chi connectivity index (χ4n) is 3.28. The number of hydrogen-bond acceptors (Lipinski definition) is 3. The van der Waals surface area contributed by atoms with Gasteiger partial charge in [0.25, 0.3) is 0 Å². The summed E-state index contributed by atoms with van der Waals surface area (Å²) < 4.78 is 5.23. The topological polar surface area (TPSA) is 41.5 Å². The van der Waals surface area contributed by atoms with Gasteiger partial charge in [-0.1, -0.05) is 25.0 Å². The Morgan fingerprint density at radius 2 is 1.80 bits per heavy atom. The summed E-state index contributed by atoms with van der Waals surface area (Å²) in [5, 5.41) is 13.9. The van der Waals surface area contributed by atoms with E-state index in [0.717, 1.165) is 30.9 Å². The molecule has 110 valence electrons. The first-order chi connectivity index (χ1) is 9.78. The van der Waals surface area contributed by atoms with Crippen molar-refractivity contribution < 1.29 is 9.84 Å². The molecule has 0 bridgehead atoms. The third kappa shape index (κ3) is 3.15. The summed E-state index contributed by atoms with van der Waals surface area (Å²) >= 11 is 0. The van der Waals surface area contributed by atoms with Crippen LogP contribution in [0.1, 0.15) is 50.1 Å². The highest BCUT2D eigenvalue weighted by molar-refractivity contribution is 5.30. The Bertz CT molecular complexity index is 427. The van der Waals surface area contributed by atoms with E-state index in [2.05, 4.69) is 17.4 Å². The van der Waals surface area contributed by atoms with Crippen LogP contribution in [0.3, 0.4) is 0 Å². The zero-order chi connectivity index (χ0) is 13.9. The molecule has 3 nitrogen and oxygen atoms in total. The molecule has 2 aliphatic carbocycles. The first-order valence-electron chi connectivity index (χ1n) is 7.86. The number of benzene rings is 1. The highest BCUT2D eigenvalue weighted by atomic mass is 16.5. The summed E-state index contributed by atoms with van der Waals surface area (Å²) in [6, 6.07) is 9.02. The highest BCUT2D eigenvalue weighted by Gasteiger charge is 2.35. The van der Waals surface area contributed by atoms with Crippen LogP contribution >= 0.6 is 0 Å². The van der Waals surface area contributed by atoms with Gasteiger partial charge in [0, 0.05) is 12.1 Å². The Balaban J connectivity index is 1.71. The van der Waals surface area contributed by atoms with Crippen LogP contribution in [0.25, 0.3) is 0 Å². The second kappa shape index (κ2) is 6.15. The van der Waals surface area contributed by atoms with E-state index in [0.29, 0.717) is 6.04 Å². The Kier molecular flexibility index (Phi) is 4.27. The van der Waals surface area contributed by atoms with Crippen LogP contribution in [0, 0.1) is 5.92 Å². The van der Waals surface area contributed by atoms with Gasteiger partial charge in [-0.2, -0.15) is 0 Å². The standard InChI is InChI=1S/C17H25NO2/c1-20-14-10-8-13(9-11-14)17(12-6-7-12)18-15-4-2-3-5-16(15)19/h8-12,15-19H,2-7H2,1H3. The van der Waals surface area contributed by atoms with Gasteiger partial charge < -0.3 is 15.2 Å². The number of nitrogens with one attached hydrogen (secondary N) is 1. The molecule has 3 unspecified atom stereocenters. The van der Waals surface area contributed by atoms with Crippen molar-refractivity contribution in [3.8, 4) is 5.75 Å². The van der Waals surface area contributed by atoms with Crippen molar-refractivity contribution in [1.29, 1.82) is 0 Å². The summed E-state index contributed by atoms with van der Waals surface area (Å²) in [6.07, 6.45) is 6.85. The van der Waals surface area contributed by atoms with E-state index in [1.807, 2.05) is 12.1 Å². The number of ether oxygens (including phenoxy) is 1. The van der Waals surface area contributed by atoms with Crippen molar-refractivity contribution in [3.63, 3.8) is 0 Å². The van der Waals surface area contributed by atoms with Crippen molar-refractivity contribution in [2.45, 2.75) is 56.7 Å². The molecule has 2 saturated carbocycles. The van der Waals surface area contributed by atoms with Crippen LogP contribution in [0.4, 0.5) is 0 Å². The van der Waals surface area contributed by atoms with Crippen molar-refractivity contribution >= 4 is 0 Å². The van der Waals surface area contributed by atoms with Crippen LogP contribution in [-0.2, 0) is 0 Å². The number of rotatable bonds is 5. The van der Waals surface area contributed by atoms with E-state index in [4.69, 9.17) is 4.74 Å². The van der Waals surface area contributed by atoms with E-state index in [1.165, 1.54) is 24.8 Å². The van der Waals surface area contributed by atoms with Crippen LogP contribution in [0.15, 0.2) is 24.3 Å². The normalized spacial score (nSPS) is 28.1. The van der Waals surface area contributed by atoms with Crippen molar-refractivity contribution in [3.05, 3.63) is 29.8 Å². The molecule has 2 N–H and O–H groups in total. The van der Waals surface area contributed by atoms with Crippen molar-refractivity contribution in [1.82, 2.24) is 5.32 Å². The molecule has 0 amide bonds. The van der Waals surface area contributed by atoms with E-state index in [9.17, 15) is 5.11 Å². The molecule has 0 heterocycles. The second-order valence-corrected chi connectivity index (χ2v) is 6.21. The van der Waals surface area contributed by atoms with E-state index in [-0.39, 0.29) is 12.1 Å². The number of hydrogen-bond donors (Lipinski definition) is 2. The van der Waals surface area contributed by atoms with Gasteiger partial charge in [-0.25, -0.2) is 0 Å². The molecule has 0 saturated heterocycles. The van der Waals surface area contributed by atoms with Gasteiger partial charge in [-0.15, -0.1) is 0 Å². The van der Waals surface area contributed by atoms with Crippen molar-refractivity contribution in [2.75, 3.05) is 7.11 Å². The Morgan fingerprint density at radius 1 is 1.10 bits per heavy atom. The van der Waals surface area contributed by atoms with Crippen LogP contribution in [0.5, 0.6) is 5.75 Å². The molecule has 2 fully saturated rings. The quantitative estimate of drug-likeness (QED) is 0.868. The van der Waals surface area contributed by atoms with Gasteiger partial charge in [0.2, 0.25) is 0 Å². The molecule has 3 atom stereocenters. The van der Waals surface area contributed by atoms with Gasteiger partial charge in [0.05, 0.1) is 13.2 Å². The predicted molar refractivity (Wildman–Crippen MR) is 79.9 cm³/mol. The maximum absolute atomic E-state index is 10.2. The molecule has 2 aliphatic rings. The average Bonchev–Trinajstić information content (AvgIpc) is 3.31. The highest BCUT2D eigenvalue weighted by Crippen LogP contribution is 2.42. The monoisotopic (exact) mass is 275 g/mol. The fraction of sp³-hybridized carbons (Fsp3) is 0.647. The lowest BCUT2D eigenvalue weighted by Crippen LogP contribution is -2.44. The van der Waals surface area contributed by atoms with Crippen LogP contribution in [-0.4, -0.2) is 24.4 Å². The van der Waals surface area contributed by atoms with E-state index >= 15 is 0 Å². The molecule has 3 rings (SSSR count). The van der Waals surface area contributed by atoms with Crippen LogP contribution in [0.2, 0.25) is 0 Å². The zero-order valence-electron chi connectivity index (χ0n) is 12.2. The van der Waals surface area contributed by atoms with Gasteiger partial charge in [-0.05, 0) is 49.3 Å². The molecule has 3 heteroatoms. The Hall–Kier alpha value is -1.06. The lowest BCUT2D eigenvalue weighted by Gasteiger charge is -2.32. The molecule has 0 aliphatic heterocycles. The maximum Gasteiger partial charge on any atom is 0.118 e. The smallest absolute Gasteiger partial charge is 0.118 e. The summed E-state index contributed by atoms with van der Waals surface area (Å²) in [4.78, 5) is 0. The third-order valence-corrected chi connectivity index (χ3v) is 4.69. The predicted octanol–water partition coefficient (Wildman–Crippen LogP) is 3.04. The maximum atomic E-state index is 10.2. The summed E-state index contributed by atoms with van der Waals surface area (Å²) in [5.74, 6) is 1.64. The minimum absolute atomic E-state index is 0.178. The largest absolute Gasteiger partial charge is 0.497 e. The van der Waals surface area contributed by atoms with Gasteiger partial charge in [0.15, 0.2) is 0 Å². The lowest BCUT2D eigenvalue weighted by molar-refractivity contribution is 0.0831. The first kappa shape index (κ1) is 13.9. The zero-order valence-corrected chi connectivity index (χ0v) is 12.2. The lowest BCUT2D eigenvalue weighted by atomic mass is 9.90. The number of methoxy groups -OCH3 is 1. The fourth-order valence-corrected chi connectivity index (χ4v) is 3.28. The van der Waals surface area contributed by atoms with Crippen molar-refractivity contribution in [2.24, 2.45) is 5.92 Å². The summed E-state index contributed by atoms with van der Waals surface area (Å²) in [7, 11) is 1.70. The summed E-state index contributed by atoms with van der Waals surface area (Å²) in [6.45, 7) is 0. The van der Waals surface area contributed by atoms with Gasteiger partial charge >= 0.3 is 0 Å². The molecule has 0 radical (unpaired) electrons. The van der Waals surface area contributed by atoms with Crippen LogP contribution < -0.4 is 10.1 Å². The van der Waals surface area contributed by atoms with Gasteiger partial charge in [0.1, 0.15) is 5.75 Å². The molecule has 1 aromatic carbocycles. The third-order valence-electron chi connectivity index (χ3n) is 4.69. The molecule has 0 spiro atoms. The first-order valence-corrected chi connectivity index (χ1v) is 7.86. The average molecular weight is 275 g/mol. The molecular formula is C17H25NO2. The van der Waals surface area contributed by atoms with E-state index < -0.39 is 0 Å². The Labute approximate surface area is 121 Å². The molecule has 0 aromatic heterocycles. The minimum Gasteiger partial charge on any atom is -0.497 e. The van der Waals surface area contributed by atoms with Gasteiger partial charge in [-0.3, -0.25) is 0 Å². The molecule has 1 aromatic rings. The molecular weight excluding hydrogens is 250 g/mol. The minimum atomic E-state index is -0.178. The summed E-state index contributed by atoms with van der Waals surface area (Å²) in [5.41, 5.74) is 1.33. The molecule has 20 heavy (non-hydrogen) atoms. The number of aliphatic hydroxyl groups is 1.